The zero-order chi connectivity index (χ0) is 22.0. The van der Waals surface area contributed by atoms with Crippen LogP contribution < -0.4 is 4.90 Å². The van der Waals surface area contributed by atoms with Gasteiger partial charge in [-0.25, -0.2) is 0 Å². The Hall–Kier alpha value is -1.10. The van der Waals surface area contributed by atoms with E-state index in [0.29, 0.717) is 6.42 Å². The number of hydrogen-bond donors (Lipinski definition) is 1. The Kier molecular flexibility index (Phi) is 18.7. The number of aryl methyl sites for hydroxylation is 1. The number of benzene rings is 1. The Labute approximate surface area is 175 Å². The topological polar surface area (TPSA) is 35.9 Å². The van der Waals surface area contributed by atoms with Crippen LogP contribution in [0.2, 0.25) is 0 Å². The van der Waals surface area contributed by atoms with Crippen LogP contribution in [-0.4, -0.2) is 61.5 Å². The van der Waals surface area contributed by atoms with Gasteiger partial charge in [-0.15, -0.1) is 0 Å². The van der Waals surface area contributed by atoms with E-state index in [2.05, 4.69) is 41.0 Å². The Morgan fingerprint density at radius 1 is 0.893 bits per heavy atom. The number of nitrogens with zero attached hydrogens (tertiary/aromatic N) is 2. The molecule has 2 rings (SSSR count). The van der Waals surface area contributed by atoms with Gasteiger partial charge in [0, 0.05) is 45.0 Å². The first kappa shape index (κ1) is 29.1. The molecule has 0 saturated carbocycles. The maximum Gasteiger partial charge on any atom is 0.0649 e. The molecule has 1 aliphatic heterocycles. The lowest BCUT2D eigenvalue weighted by Gasteiger charge is -2.36. The average Bonchev–Trinajstić information content (AvgIpc) is 2.73. The fourth-order valence-electron chi connectivity index (χ4n) is 2.78. The SMILES string of the molecule is CC.CC.CC.Cc1ccc(N2CCN(CCOC(C)(C)CCO)CC2)cc1. The minimum absolute atomic E-state index is 0.183. The van der Waals surface area contributed by atoms with E-state index in [1.54, 1.807) is 0 Å². The number of piperazine rings is 1. The van der Waals surface area contributed by atoms with Crippen molar-refractivity contribution in [2.45, 2.75) is 74.3 Å². The van der Waals surface area contributed by atoms with Gasteiger partial charge in [0.25, 0.3) is 0 Å². The van der Waals surface area contributed by atoms with Crippen LogP contribution in [0.15, 0.2) is 24.3 Å². The fourth-order valence-corrected chi connectivity index (χ4v) is 2.78. The predicted molar refractivity (Wildman–Crippen MR) is 126 cm³/mol. The predicted octanol–water partition coefficient (Wildman–Crippen LogP) is 5.37. The zero-order valence-corrected chi connectivity index (χ0v) is 20.2. The molecule has 0 unspecified atom stereocenters. The van der Waals surface area contributed by atoms with Crippen molar-refractivity contribution in [3.63, 3.8) is 0 Å². The van der Waals surface area contributed by atoms with Crippen LogP contribution in [0.5, 0.6) is 0 Å². The molecule has 4 heteroatoms. The molecule has 0 aromatic heterocycles. The van der Waals surface area contributed by atoms with Crippen molar-refractivity contribution in [1.29, 1.82) is 0 Å². The summed E-state index contributed by atoms with van der Waals surface area (Å²) < 4.78 is 5.88. The second-order valence-corrected chi connectivity index (χ2v) is 6.75. The molecule has 1 aliphatic rings. The summed E-state index contributed by atoms with van der Waals surface area (Å²) in [5.41, 5.74) is 2.41. The van der Waals surface area contributed by atoms with Gasteiger partial charge in [-0.1, -0.05) is 59.2 Å². The normalized spacial score (nSPS) is 14.0. The summed E-state index contributed by atoms with van der Waals surface area (Å²) in [6.45, 7) is 24.4. The van der Waals surface area contributed by atoms with Crippen molar-refractivity contribution >= 4 is 5.69 Å². The van der Waals surface area contributed by atoms with E-state index < -0.39 is 0 Å². The molecule has 1 saturated heterocycles. The van der Waals surface area contributed by atoms with Gasteiger partial charge in [0.1, 0.15) is 0 Å². The first-order valence-corrected chi connectivity index (χ1v) is 11.3. The Bertz CT molecular complexity index is 438. The van der Waals surface area contributed by atoms with Crippen molar-refractivity contribution in [3.05, 3.63) is 29.8 Å². The molecule has 0 radical (unpaired) electrons. The lowest BCUT2D eigenvalue weighted by molar-refractivity contribution is -0.0403. The van der Waals surface area contributed by atoms with Crippen LogP contribution in [0.3, 0.4) is 0 Å². The molecule has 1 N–H and O–H groups in total. The Morgan fingerprint density at radius 2 is 1.39 bits per heavy atom. The van der Waals surface area contributed by atoms with Gasteiger partial charge < -0.3 is 14.7 Å². The molecule has 0 aliphatic carbocycles. The smallest absolute Gasteiger partial charge is 0.0649 e. The summed E-state index contributed by atoms with van der Waals surface area (Å²) in [6, 6.07) is 8.79. The molecule has 1 heterocycles. The fraction of sp³-hybridized carbons (Fsp3) is 0.750. The first-order valence-electron chi connectivity index (χ1n) is 11.3. The largest absolute Gasteiger partial charge is 0.396 e. The molecule has 1 fully saturated rings. The molecule has 0 amide bonds. The highest BCUT2D eigenvalue weighted by molar-refractivity contribution is 5.47. The van der Waals surface area contributed by atoms with Gasteiger partial charge in [0.2, 0.25) is 0 Å². The molecule has 1 aromatic rings. The Balaban J connectivity index is 0. The Morgan fingerprint density at radius 3 is 1.86 bits per heavy atom. The average molecular weight is 397 g/mol. The molecular formula is C24H48N2O2. The maximum absolute atomic E-state index is 9.01. The highest BCUT2D eigenvalue weighted by atomic mass is 16.5. The number of aliphatic hydroxyl groups is 1. The van der Waals surface area contributed by atoms with Crippen molar-refractivity contribution in [1.82, 2.24) is 4.90 Å². The summed E-state index contributed by atoms with van der Waals surface area (Å²) in [7, 11) is 0. The van der Waals surface area contributed by atoms with Gasteiger partial charge in [0.05, 0.1) is 12.2 Å². The maximum atomic E-state index is 9.01. The summed E-state index contributed by atoms with van der Waals surface area (Å²) in [6.07, 6.45) is 0.689. The van der Waals surface area contributed by atoms with E-state index in [9.17, 15) is 0 Å². The summed E-state index contributed by atoms with van der Waals surface area (Å²) in [4.78, 5) is 4.91. The number of hydrogen-bond acceptors (Lipinski definition) is 4. The van der Waals surface area contributed by atoms with Gasteiger partial charge >= 0.3 is 0 Å². The van der Waals surface area contributed by atoms with Gasteiger partial charge in [-0.05, 0) is 39.3 Å². The molecule has 28 heavy (non-hydrogen) atoms. The van der Waals surface area contributed by atoms with Crippen molar-refractivity contribution in [2.75, 3.05) is 50.8 Å². The van der Waals surface area contributed by atoms with Crippen LogP contribution in [0.25, 0.3) is 0 Å². The highest BCUT2D eigenvalue weighted by Gasteiger charge is 2.20. The third-order valence-electron chi connectivity index (χ3n) is 4.39. The van der Waals surface area contributed by atoms with E-state index in [4.69, 9.17) is 9.84 Å². The summed E-state index contributed by atoms with van der Waals surface area (Å²) in [5.74, 6) is 0. The second-order valence-electron chi connectivity index (χ2n) is 6.75. The van der Waals surface area contributed by atoms with E-state index in [-0.39, 0.29) is 12.2 Å². The van der Waals surface area contributed by atoms with Crippen LogP contribution in [0.1, 0.15) is 67.4 Å². The first-order chi connectivity index (χ1) is 13.5. The molecule has 0 atom stereocenters. The third-order valence-corrected chi connectivity index (χ3v) is 4.39. The number of rotatable bonds is 7. The van der Waals surface area contributed by atoms with E-state index in [0.717, 1.165) is 39.3 Å². The number of aliphatic hydroxyl groups excluding tert-OH is 1. The quantitative estimate of drug-likeness (QED) is 0.672. The zero-order valence-electron chi connectivity index (χ0n) is 20.2. The van der Waals surface area contributed by atoms with Crippen LogP contribution >= 0.6 is 0 Å². The van der Waals surface area contributed by atoms with Crippen LogP contribution in [0, 0.1) is 6.92 Å². The van der Waals surface area contributed by atoms with Gasteiger partial charge in [-0.3, -0.25) is 4.90 Å². The monoisotopic (exact) mass is 396 g/mol. The van der Waals surface area contributed by atoms with Crippen molar-refractivity contribution in [2.24, 2.45) is 0 Å². The minimum atomic E-state index is -0.224. The van der Waals surface area contributed by atoms with E-state index in [1.807, 2.05) is 55.4 Å². The second kappa shape index (κ2) is 18.0. The summed E-state index contributed by atoms with van der Waals surface area (Å²) >= 11 is 0. The van der Waals surface area contributed by atoms with Gasteiger partial charge in [0.15, 0.2) is 0 Å². The standard InChI is InChI=1S/C18H30N2O2.3C2H6/c1-16-4-6-17(7-5-16)20-11-9-19(10-12-20)13-15-22-18(2,3)8-14-21;3*1-2/h4-7,21H,8-15H2,1-3H3;3*1-2H3. The highest BCUT2D eigenvalue weighted by Crippen LogP contribution is 2.17. The molecule has 0 spiro atoms. The van der Waals surface area contributed by atoms with E-state index >= 15 is 0 Å². The molecule has 4 nitrogen and oxygen atoms in total. The van der Waals surface area contributed by atoms with Crippen molar-refractivity contribution in [3.8, 4) is 0 Å². The lowest BCUT2D eigenvalue weighted by Crippen LogP contribution is -2.47. The lowest BCUT2D eigenvalue weighted by atomic mass is 10.1. The van der Waals surface area contributed by atoms with Crippen LogP contribution in [-0.2, 0) is 4.74 Å². The van der Waals surface area contributed by atoms with E-state index in [1.165, 1.54) is 11.3 Å². The van der Waals surface area contributed by atoms with Crippen molar-refractivity contribution < 1.29 is 9.84 Å². The summed E-state index contributed by atoms with van der Waals surface area (Å²) in [5, 5.41) is 9.01. The molecule has 0 bridgehead atoms. The third kappa shape index (κ3) is 12.4. The van der Waals surface area contributed by atoms with Gasteiger partial charge in [-0.2, -0.15) is 0 Å². The number of anilines is 1. The molecule has 1 aromatic carbocycles. The minimum Gasteiger partial charge on any atom is -0.396 e. The molecular weight excluding hydrogens is 348 g/mol. The van der Waals surface area contributed by atoms with Crippen LogP contribution in [0.4, 0.5) is 5.69 Å². The number of ether oxygens (including phenoxy) is 1. The molecule has 166 valence electrons.